The van der Waals surface area contributed by atoms with Crippen molar-refractivity contribution in [2.45, 2.75) is 36.9 Å². The minimum absolute atomic E-state index is 0.105. The number of nitrogens with zero attached hydrogens (tertiary/aromatic N) is 7. The summed E-state index contributed by atoms with van der Waals surface area (Å²) in [7, 11) is -7.36. The fourth-order valence-electron chi connectivity index (χ4n) is 5.76. The van der Waals surface area contributed by atoms with Crippen LogP contribution in [0, 0.1) is 0 Å². The predicted octanol–water partition coefficient (Wildman–Crippen LogP) is -2.14. The third kappa shape index (κ3) is 8.23. The molecule has 2 saturated heterocycles. The largest absolute Gasteiger partial charge is 0.480 e. The quantitative estimate of drug-likeness (QED) is 0.0695. The normalized spacial score (nSPS) is 28.8. The standard InChI is InChI=1S/C22H34N11O15P3S/c1-30-3-9(45-11(4-30)33-8-31(2)13-17(33)27-22(24)29-19(13)37)5-43-49(38,39)47-51(42,52)48-50(40,41)44-6-10-14(34)15(35)20(46-10)32-7-25-12-16(32)26-21(23)28-18(12)36/h7,9-11,14-15,20,34-35H,3-6,8H2,1-2H3,(H,38,39)(H,40,41)(H,42,52)(H3,23,26,28,36)(H3,24,27,29,37)/t9-,10+,11+,14+,15+,20+,51?/m0/s1. The Morgan fingerprint density at radius 1 is 0.962 bits per heavy atom. The Labute approximate surface area is 296 Å². The number of hydrogen-bond donors (Lipinski definition) is 9. The maximum atomic E-state index is 12.8. The van der Waals surface area contributed by atoms with E-state index in [-0.39, 0.29) is 47.8 Å². The lowest BCUT2D eigenvalue weighted by Crippen LogP contribution is -2.55. The van der Waals surface area contributed by atoms with Gasteiger partial charge in [-0.25, -0.2) is 18.7 Å². The molecule has 0 saturated carbocycles. The Hall–Kier alpha value is -2.97. The summed E-state index contributed by atoms with van der Waals surface area (Å²) in [6.45, 7) is -6.05. The van der Waals surface area contributed by atoms with Crippen LogP contribution in [0.2, 0.25) is 0 Å². The first kappa shape index (κ1) is 38.7. The Morgan fingerprint density at radius 2 is 1.60 bits per heavy atom. The number of nitrogens with one attached hydrogen (secondary N) is 2. The maximum absolute atomic E-state index is 12.8. The van der Waals surface area contributed by atoms with E-state index >= 15 is 0 Å². The summed E-state index contributed by atoms with van der Waals surface area (Å²) in [5.74, 6) is -0.115. The van der Waals surface area contributed by atoms with Crippen LogP contribution in [0.5, 0.6) is 0 Å². The molecule has 26 nitrogen and oxygen atoms in total. The number of hydrogen-bond acceptors (Lipinski definition) is 21. The Bertz CT molecular complexity index is 2100. The van der Waals surface area contributed by atoms with E-state index in [1.165, 1.54) is 0 Å². The van der Waals surface area contributed by atoms with Gasteiger partial charge in [-0.3, -0.25) is 38.1 Å². The van der Waals surface area contributed by atoms with Crippen molar-refractivity contribution >= 4 is 69.3 Å². The number of phosphoric ester groups is 2. The van der Waals surface area contributed by atoms with Gasteiger partial charge in [0.2, 0.25) is 11.9 Å². The van der Waals surface area contributed by atoms with Crippen molar-refractivity contribution in [1.29, 1.82) is 0 Å². The van der Waals surface area contributed by atoms with E-state index in [0.717, 1.165) is 10.9 Å². The third-order valence-electron chi connectivity index (χ3n) is 7.89. The zero-order valence-corrected chi connectivity index (χ0v) is 30.5. The number of thiol groups is 1. The number of imidazole rings is 1. The maximum Gasteiger partial charge on any atom is 0.480 e. The lowest BCUT2D eigenvalue weighted by atomic mass is 10.1. The van der Waals surface area contributed by atoms with E-state index in [9.17, 15) is 43.3 Å². The molecule has 9 atom stereocenters. The van der Waals surface area contributed by atoms with Gasteiger partial charge in [-0.1, -0.05) is 12.2 Å². The Balaban J connectivity index is 1.03. The molecule has 52 heavy (non-hydrogen) atoms. The van der Waals surface area contributed by atoms with Gasteiger partial charge in [0.15, 0.2) is 23.2 Å². The van der Waals surface area contributed by atoms with Crippen LogP contribution < -0.4 is 32.4 Å². The minimum atomic E-state index is -5.44. The van der Waals surface area contributed by atoms with Crippen LogP contribution in [0.3, 0.4) is 0 Å². The number of aliphatic hydroxyl groups excluding tert-OH is 2. The highest BCUT2D eigenvalue weighted by Gasteiger charge is 2.47. The number of aromatic amines is 2. The van der Waals surface area contributed by atoms with Gasteiger partial charge < -0.3 is 50.7 Å². The number of rotatable bonds is 12. The fraction of sp³-hybridized carbons (Fsp3) is 0.591. The summed E-state index contributed by atoms with van der Waals surface area (Å²) in [6, 6.07) is 0. The number of fused-ring (bicyclic) bond motifs is 2. The van der Waals surface area contributed by atoms with Crippen LogP contribution in [0.25, 0.3) is 11.2 Å². The van der Waals surface area contributed by atoms with E-state index in [4.69, 9.17) is 30.0 Å². The number of nitrogens with two attached hydrogens (primary N) is 2. The first-order chi connectivity index (χ1) is 24.2. The van der Waals surface area contributed by atoms with Crippen LogP contribution in [-0.4, -0.2) is 132 Å². The van der Waals surface area contributed by atoms with Crippen molar-refractivity contribution in [3.8, 4) is 0 Å². The van der Waals surface area contributed by atoms with Crippen LogP contribution in [0.15, 0.2) is 15.9 Å². The highest BCUT2D eigenvalue weighted by molar-refractivity contribution is 8.45. The smallest absolute Gasteiger partial charge is 0.387 e. The van der Waals surface area contributed by atoms with Crippen molar-refractivity contribution in [2.24, 2.45) is 0 Å². The molecule has 0 aliphatic carbocycles. The van der Waals surface area contributed by atoms with E-state index < -0.39 is 83.6 Å². The zero-order chi connectivity index (χ0) is 37.9. The number of anilines is 4. The highest BCUT2D eigenvalue weighted by Crippen LogP contribution is 2.72. The lowest BCUT2D eigenvalue weighted by Gasteiger charge is -2.40. The molecule has 3 unspecified atom stereocenters. The molecule has 3 aromatic heterocycles. The summed E-state index contributed by atoms with van der Waals surface area (Å²) >= 11 is 3.49. The third-order valence-corrected chi connectivity index (χ3v) is 13.5. The number of H-pyrrole nitrogens is 2. The van der Waals surface area contributed by atoms with E-state index in [1.807, 2.05) is 4.90 Å². The van der Waals surface area contributed by atoms with Crippen molar-refractivity contribution in [2.75, 3.05) is 68.3 Å². The van der Waals surface area contributed by atoms with Crippen molar-refractivity contribution in [3.63, 3.8) is 0 Å². The van der Waals surface area contributed by atoms with E-state index in [2.05, 4.69) is 45.8 Å². The molecule has 0 spiro atoms. The SMILES string of the molecule is CN1C[C@@H](COP(=O)(O)OP(=O)(S)OP(=O)(O)OC[C@H]2O[C@@H](n3cnc4c(=O)[nH]c(N)nc43)[C@H](O)[C@@H]2O)O[C@@H](N2CN(C)c3c2nc(N)[nH]c3=O)C1. The molecule has 0 aromatic carbocycles. The first-order valence-corrected chi connectivity index (χ1v) is 20.6. The van der Waals surface area contributed by atoms with Crippen LogP contribution in [-0.2, 0) is 40.8 Å². The number of likely N-dealkylation sites (N-methyl/N-ethyl adjacent to an activating group) is 1. The van der Waals surface area contributed by atoms with Gasteiger partial charge in [-0.15, -0.1) is 0 Å². The Morgan fingerprint density at radius 3 is 2.29 bits per heavy atom. The predicted molar refractivity (Wildman–Crippen MR) is 180 cm³/mol. The Kier molecular flexibility index (Phi) is 10.7. The molecule has 10 N–H and O–H groups in total. The summed E-state index contributed by atoms with van der Waals surface area (Å²) in [6.07, 6.45) is -6.91. The number of aromatic nitrogens is 6. The molecule has 6 heterocycles. The van der Waals surface area contributed by atoms with Gasteiger partial charge in [0.1, 0.15) is 30.2 Å². The molecular formula is C22H34N11O15P3S. The van der Waals surface area contributed by atoms with Gasteiger partial charge in [0.05, 0.1) is 32.3 Å². The summed E-state index contributed by atoms with van der Waals surface area (Å²) < 4.78 is 69.4. The van der Waals surface area contributed by atoms with Crippen molar-refractivity contribution in [3.05, 3.63) is 27.0 Å². The monoisotopic (exact) mass is 817 g/mol. The molecular weight excluding hydrogens is 783 g/mol. The molecule has 2 fully saturated rings. The van der Waals surface area contributed by atoms with Crippen LogP contribution in [0.4, 0.5) is 23.4 Å². The molecule has 30 heteroatoms. The number of nitrogen functional groups attached to an aromatic ring is 2. The molecule has 0 amide bonds. The van der Waals surface area contributed by atoms with Crippen molar-refractivity contribution < 1.29 is 60.8 Å². The summed E-state index contributed by atoms with van der Waals surface area (Å²) in [4.78, 5) is 66.8. The second kappa shape index (κ2) is 14.4. The molecule has 0 bridgehead atoms. The van der Waals surface area contributed by atoms with Gasteiger partial charge in [0.25, 0.3) is 11.1 Å². The van der Waals surface area contributed by atoms with Crippen LogP contribution in [0.1, 0.15) is 6.23 Å². The lowest BCUT2D eigenvalue weighted by molar-refractivity contribution is -0.0949. The fourth-order valence-corrected chi connectivity index (χ4v) is 11.0. The summed E-state index contributed by atoms with van der Waals surface area (Å²) in [5.41, 5.74) is 10.2. The number of phosphoric acid groups is 2. The first-order valence-electron chi connectivity index (χ1n) is 14.9. The molecule has 3 aromatic rings. The average molecular weight is 818 g/mol. The number of aliphatic hydroxyl groups is 2. The molecule has 6 rings (SSSR count). The molecule has 3 aliphatic heterocycles. The minimum Gasteiger partial charge on any atom is -0.387 e. The van der Waals surface area contributed by atoms with Crippen molar-refractivity contribution in [1.82, 2.24) is 34.4 Å². The number of ether oxygens (including phenoxy) is 2. The molecule has 3 aliphatic rings. The molecule has 0 radical (unpaired) electrons. The topological polar surface area (TPSA) is 359 Å². The second-order valence-electron chi connectivity index (χ2n) is 11.8. The van der Waals surface area contributed by atoms with Gasteiger partial charge in [-0.2, -0.15) is 18.6 Å². The van der Waals surface area contributed by atoms with E-state index in [1.54, 1.807) is 23.9 Å². The molecule has 288 valence electrons. The number of morpholine rings is 1. The van der Waals surface area contributed by atoms with E-state index in [0.29, 0.717) is 6.54 Å². The zero-order valence-electron chi connectivity index (χ0n) is 26.9. The average Bonchev–Trinajstić information content (AvgIpc) is 3.67. The second-order valence-corrected chi connectivity index (χ2v) is 18.0. The van der Waals surface area contributed by atoms with Gasteiger partial charge in [-0.05, 0) is 7.05 Å². The highest BCUT2D eigenvalue weighted by atomic mass is 32.7. The van der Waals surface area contributed by atoms with Gasteiger partial charge in [0, 0.05) is 20.1 Å². The summed E-state index contributed by atoms with van der Waals surface area (Å²) in [5, 5.41) is 21.1. The van der Waals surface area contributed by atoms with Crippen LogP contribution >= 0.6 is 34.7 Å². The van der Waals surface area contributed by atoms with Gasteiger partial charge >= 0.3 is 22.4 Å².